The number of carbonyl (C=O) groups is 1. The van der Waals surface area contributed by atoms with Gasteiger partial charge in [-0.3, -0.25) is 9.10 Å². The van der Waals surface area contributed by atoms with Gasteiger partial charge in [0.15, 0.2) is 0 Å². The summed E-state index contributed by atoms with van der Waals surface area (Å²) in [6, 6.07) is 13.2. The van der Waals surface area contributed by atoms with Gasteiger partial charge in [-0.05, 0) is 43.5 Å². The number of amides is 1. The van der Waals surface area contributed by atoms with Crippen LogP contribution in [0.25, 0.3) is 0 Å². The van der Waals surface area contributed by atoms with Gasteiger partial charge >= 0.3 is 0 Å². The molecule has 0 heterocycles. The van der Waals surface area contributed by atoms with E-state index < -0.39 is 10.0 Å². The number of rotatable bonds is 6. The lowest BCUT2D eigenvalue weighted by Crippen LogP contribution is -2.41. The molecular formula is C20H26N2O3S. The van der Waals surface area contributed by atoms with E-state index in [0.717, 1.165) is 22.9 Å². The first-order chi connectivity index (χ1) is 12.1. The standard InChI is InChI=1S/C20H26N2O3S/c1-15-10-11-18(17(3)12-15)13-21(4)20(23)14-22(26(5,24)25)19-9-7-6-8-16(19)2/h6-12H,13-14H2,1-5H3. The topological polar surface area (TPSA) is 57.7 Å². The third-order valence-electron chi connectivity index (χ3n) is 4.39. The molecule has 0 atom stereocenters. The highest BCUT2D eigenvalue weighted by Gasteiger charge is 2.24. The lowest BCUT2D eigenvalue weighted by Gasteiger charge is -2.26. The number of hydrogen-bond donors (Lipinski definition) is 0. The van der Waals surface area contributed by atoms with Crippen LogP contribution in [0.5, 0.6) is 0 Å². The number of sulfonamides is 1. The first-order valence-corrected chi connectivity index (χ1v) is 10.3. The zero-order chi connectivity index (χ0) is 19.5. The van der Waals surface area contributed by atoms with E-state index in [1.807, 2.05) is 45.0 Å². The van der Waals surface area contributed by atoms with Gasteiger partial charge in [0.1, 0.15) is 6.54 Å². The van der Waals surface area contributed by atoms with Crippen LogP contribution in [0.3, 0.4) is 0 Å². The molecule has 26 heavy (non-hydrogen) atoms. The van der Waals surface area contributed by atoms with Crippen LogP contribution >= 0.6 is 0 Å². The summed E-state index contributed by atoms with van der Waals surface area (Å²) in [5.41, 5.74) is 4.67. The van der Waals surface area contributed by atoms with Crippen molar-refractivity contribution in [2.24, 2.45) is 0 Å². The number of benzene rings is 2. The minimum Gasteiger partial charge on any atom is -0.340 e. The molecular weight excluding hydrogens is 348 g/mol. The van der Waals surface area contributed by atoms with E-state index in [1.54, 1.807) is 24.1 Å². The van der Waals surface area contributed by atoms with E-state index in [2.05, 4.69) is 6.07 Å². The molecule has 2 rings (SSSR count). The first-order valence-electron chi connectivity index (χ1n) is 8.43. The van der Waals surface area contributed by atoms with Crippen LogP contribution < -0.4 is 4.31 Å². The molecule has 0 aliphatic carbocycles. The van der Waals surface area contributed by atoms with Gasteiger partial charge in [-0.2, -0.15) is 0 Å². The molecule has 0 fully saturated rings. The molecule has 0 bridgehead atoms. The largest absolute Gasteiger partial charge is 0.340 e. The van der Waals surface area contributed by atoms with E-state index in [1.165, 1.54) is 9.87 Å². The van der Waals surface area contributed by atoms with Gasteiger partial charge in [0.2, 0.25) is 15.9 Å². The maximum absolute atomic E-state index is 12.7. The van der Waals surface area contributed by atoms with Crippen LogP contribution in [-0.2, 0) is 21.4 Å². The van der Waals surface area contributed by atoms with Gasteiger partial charge in [-0.15, -0.1) is 0 Å². The van der Waals surface area contributed by atoms with Gasteiger partial charge in [0.25, 0.3) is 0 Å². The molecule has 6 heteroatoms. The minimum atomic E-state index is -3.57. The molecule has 2 aromatic carbocycles. The Labute approximate surface area is 156 Å². The van der Waals surface area contributed by atoms with Crippen molar-refractivity contribution in [2.75, 3.05) is 24.2 Å². The van der Waals surface area contributed by atoms with Crippen molar-refractivity contribution >= 4 is 21.6 Å². The summed E-state index contributed by atoms with van der Waals surface area (Å²) in [6.45, 7) is 6.09. The summed E-state index contributed by atoms with van der Waals surface area (Å²) >= 11 is 0. The summed E-state index contributed by atoms with van der Waals surface area (Å²) in [5, 5.41) is 0. The minimum absolute atomic E-state index is 0.217. The first kappa shape index (κ1) is 20.0. The zero-order valence-corrected chi connectivity index (χ0v) is 16.8. The molecule has 1 amide bonds. The summed E-state index contributed by atoms with van der Waals surface area (Å²) in [6.07, 6.45) is 1.12. The lowest BCUT2D eigenvalue weighted by atomic mass is 10.1. The Morgan fingerprint density at radius 3 is 2.23 bits per heavy atom. The molecule has 0 aromatic heterocycles. The number of likely N-dealkylation sites (N-methyl/N-ethyl adjacent to an activating group) is 1. The van der Waals surface area contributed by atoms with E-state index in [9.17, 15) is 13.2 Å². The van der Waals surface area contributed by atoms with Crippen LogP contribution in [0.15, 0.2) is 42.5 Å². The Morgan fingerprint density at radius 1 is 1.00 bits per heavy atom. The van der Waals surface area contributed by atoms with Gasteiger partial charge in [0.05, 0.1) is 11.9 Å². The lowest BCUT2D eigenvalue weighted by molar-refractivity contribution is -0.128. The second-order valence-electron chi connectivity index (χ2n) is 6.74. The molecule has 0 N–H and O–H groups in total. The number of anilines is 1. The summed E-state index contributed by atoms with van der Waals surface area (Å²) in [7, 11) is -1.88. The van der Waals surface area contributed by atoms with Crippen molar-refractivity contribution in [1.29, 1.82) is 0 Å². The Balaban J connectivity index is 2.20. The number of para-hydroxylation sites is 1. The van der Waals surface area contributed by atoms with Gasteiger partial charge < -0.3 is 4.90 Å². The van der Waals surface area contributed by atoms with Crippen LogP contribution in [0.4, 0.5) is 5.69 Å². The predicted molar refractivity (Wildman–Crippen MR) is 106 cm³/mol. The number of aryl methyl sites for hydroxylation is 3. The maximum Gasteiger partial charge on any atom is 0.243 e. The van der Waals surface area contributed by atoms with E-state index >= 15 is 0 Å². The van der Waals surface area contributed by atoms with E-state index in [-0.39, 0.29) is 12.5 Å². The second kappa shape index (κ2) is 7.91. The third-order valence-corrected chi connectivity index (χ3v) is 5.52. The molecule has 0 aliphatic rings. The summed E-state index contributed by atoms with van der Waals surface area (Å²) < 4.78 is 25.7. The molecule has 0 spiro atoms. The normalized spacial score (nSPS) is 11.3. The molecule has 0 aliphatic heterocycles. The zero-order valence-electron chi connectivity index (χ0n) is 16.0. The Kier molecular flexibility index (Phi) is 6.08. The average molecular weight is 375 g/mol. The van der Waals surface area contributed by atoms with Crippen molar-refractivity contribution in [1.82, 2.24) is 4.90 Å². The number of carbonyl (C=O) groups excluding carboxylic acids is 1. The summed E-state index contributed by atoms with van der Waals surface area (Å²) in [4.78, 5) is 14.3. The number of nitrogens with zero attached hydrogens (tertiary/aromatic N) is 2. The molecule has 0 unspecified atom stereocenters. The van der Waals surface area contributed by atoms with Crippen molar-refractivity contribution < 1.29 is 13.2 Å². The van der Waals surface area contributed by atoms with Gasteiger partial charge in [-0.1, -0.05) is 42.0 Å². The maximum atomic E-state index is 12.7. The Hall–Kier alpha value is -2.34. The fraction of sp³-hybridized carbons (Fsp3) is 0.350. The van der Waals surface area contributed by atoms with Crippen molar-refractivity contribution in [2.45, 2.75) is 27.3 Å². The predicted octanol–water partition coefficient (Wildman–Crippen LogP) is 3.04. The van der Waals surface area contributed by atoms with Crippen LogP contribution in [-0.4, -0.2) is 39.1 Å². The Morgan fingerprint density at radius 2 is 1.65 bits per heavy atom. The summed E-state index contributed by atoms with van der Waals surface area (Å²) in [5.74, 6) is -0.251. The number of hydrogen-bond acceptors (Lipinski definition) is 3. The third kappa shape index (κ3) is 4.85. The molecule has 0 saturated carbocycles. The van der Waals surface area contributed by atoms with Gasteiger partial charge in [0, 0.05) is 13.6 Å². The fourth-order valence-corrected chi connectivity index (χ4v) is 3.74. The monoisotopic (exact) mass is 374 g/mol. The van der Waals surface area contributed by atoms with Crippen molar-refractivity contribution in [3.63, 3.8) is 0 Å². The van der Waals surface area contributed by atoms with Crippen molar-refractivity contribution in [3.05, 3.63) is 64.7 Å². The van der Waals surface area contributed by atoms with Crippen molar-refractivity contribution in [3.8, 4) is 0 Å². The smallest absolute Gasteiger partial charge is 0.243 e. The van der Waals surface area contributed by atoms with E-state index in [0.29, 0.717) is 12.2 Å². The fourth-order valence-electron chi connectivity index (χ4n) is 2.83. The Bertz CT molecular complexity index is 907. The molecule has 0 radical (unpaired) electrons. The van der Waals surface area contributed by atoms with E-state index in [4.69, 9.17) is 0 Å². The second-order valence-corrected chi connectivity index (χ2v) is 8.64. The molecule has 140 valence electrons. The quantitative estimate of drug-likeness (QED) is 0.781. The van der Waals surface area contributed by atoms with Gasteiger partial charge in [-0.25, -0.2) is 8.42 Å². The average Bonchev–Trinajstić information content (AvgIpc) is 2.54. The van der Waals surface area contributed by atoms with Crippen LogP contribution in [0.1, 0.15) is 22.3 Å². The molecule has 2 aromatic rings. The molecule has 0 saturated heterocycles. The highest BCUT2D eigenvalue weighted by Crippen LogP contribution is 2.22. The molecule has 5 nitrogen and oxygen atoms in total. The van der Waals surface area contributed by atoms with Crippen LogP contribution in [0.2, 0.25) is 0 Å². The highest BCUT2D eigenvalue weighted by atomic mass is 32.2. The van der Waals surface area contributed by atoms with Crippen LogP contribution in [0, 0.1) is 20.8 Å². The SMILES string of the molecule is Cc1ccc(CN(C)C(=O)CN(c2ccccc2C)S(C)(=O)=O)c(C)c1. The highest BCUT2D eigenvalue weighted by molar-refractivity contribution is 7.92.